The Morgan fingerprint density at radius 2 is 1.71 bits per heavy atom. The molecule has 3 aromatic rings. The zero-order valence-electron chi connectivity index (χ0n) is 21.9. The fourth-order valence-corrected chi connectivity index (χ4v) is 4.89. The summed E-state index contributed by atoms with van der Waals surface area (Å²) >= 11 is 6.00. The van der Waals surface area contributed by atoms with Gasteiger partial charge in [-0.25, -0.2) is 0 Å². The molecule has 0 radical (unpaired) electrons. The molecule has 1 aliphatic heterocycles. The van der Waals surface area contributed by atoms with Gasteiger partial charge in [0.15, 0.2) is 0 Å². The summed E-state index contributed by atoms with van der Waals surface area (Å²) in [6, 6.07) is 24.1. The number of nitrogens with zero attached hydrogens (tertiary/aromatic N) is 1. The molecule has 1 fully saturated rings. The van der Waals surface area contributed by atoms with Crippen molar-refractivity contribution in [2.45, 2.75) is 38.8 Å². The van der Waals surface area contributed by atoms with Crippen molar-refractivity contribution in [2.75, 3.05) is 26.2 Å². The highest BCUT2D eigenvalue weighted by atomic mass is 35.5. The molecule has 1 heterocycles. The maximum absolute atomic E-state index is 13.3. The number of ether oxygens (including phenoxy) is 1. The summed E-state index contributed by atoms with van der Waals surface area (Å²) in [7, 11) is 0. The molecule has 1 atom stereocenters. The highest BCUT2D eigenvalue weighted by Crippen LogP contribution is 2.20. The van der Waals surface area contributed by atoms with Crippen molar-refractivity contribution in [3.8, 4) is 5.75 Å². The lowest BCUT2D eigenvalue weighted by Crippen LogP contribution is -2.49. The van der Waals surface area contributed by atoms with Gasteiger partial charge in [0.25, 0.3) is 5.91 Å². The lowest BCUT2D eigenvalue weighted by Gasteiger charge is -2.32. The SMILES string of the molecule is CCOc1cccc(C(=O)N[C@@H](Cc2ccccc2)C(=O)NCC2CCN(Cc3ccc(Cl)cc3)CC2)c1. The van der Waals surface area contributed by atoms with Crippen LogP contribution in [0.2, 0.25) is 5.02 Å². The van der Waals surface area contributed by atoms with E-state index in [-0.39, 0.29) is 11.8 Å². The van der Waals surface area contributed by atoms with Crippen LogP contribution in [-0.2, 0) is 17.8 Å². The molecule has 0 aromatic heterocycles. The minimum Gasteiger partial charge on any atom is -0.494 e. The molecule has 7 heteroatoms. The van der Waals surface area contributed by atoms with E-state index in [9.17, 15) is 9.59 Å². The van der Waals surface area contributed by atoms with Crippen LogP contribution in [0.25, 0.3) is 0 Å². The van der Waals surface area contributed by atoms with Crippen LogP contribution < -0.4 is 15.4 Å². The van der Waals surface area contributed by atoms with Crippen molar-refractivity contribution in [3.63, 3.8) is 0 Å². The number of piperidine rings is 1. The summed E-state index contributed by atoms with van der Waals surface area (Å²) < 4.78 is 5.53. The first-order valence-corrected chi connectivity index (χ1v) is 13.7. The van der Waals surface area contributed by atoms with Gasteiger partial charge in [0.1, 0.15) is 11.8 Å². The van der Waals surface area contributed by atoms with E-state index in [2.05, 4.69) is 27.7 Å². The van der Waals surface area contributed by atoms with E-state index in [1.807, 2.05) is 55.5 Å². The highest BCUT2D eigenvalue weighted by molar-refractivity contribution is 6.30. The first-order chi connectivity index (χ1) is 18.5. The van der Waals surface area contributed by atoms with E-state index in [0.29, 0.717) is 36.8 Å². The number of halogens is 1. The molecule has 0 unspecified atom stereocenters. The number of rotatable bonds is 11. The van der Waals surface area contributed by atoms with Gasteiger partial charge in [-0.15, -0.1) is 0 Å². The third-order valence-corrected chi connectivity index (χ3v) is 7.16. The average Bonchev–Trinajstić information content (AvgIpc) is 2.94. The summed E-state index contributed by atoms with van der Waals surface area (Å²) in [6.07, 6.45) is 2.46. The molecule has 2 N–H and O–H groups in total. The number of carbonyl (C=O) groups is 2. The molecule has 200 valence electrons. The number of benzene rings is 3. The van der Waals surface area contributed by atoms with Crippen molar-refractivity contribution in [3.05, 3.63) is 101 Å². The Balaban J connectivity index is 1.32. The van der Waals surface area contributed by atoms with Crippen LogP contribution in [0.5, 0.6) is 5.75 Å². The zero-order chi connectivity index (χ0) is 26.7. The second kappa shape index (κ2) is 14.0. The number of likely N-dealkylation sites (tertiary alicyclic amines) is 1. The molecule has 4 rings (SSSR count). The maximum Gasteiger partial charge on any atom is 0.252 e. The maximum atomic E-state index is 13.3. The third-order valence-electron chi connectivity index (χ3n) is 6.90. The standard InChI is InChI=1S/C31H36ClN3O3/c1-2-38-28-10-6-9-26(20-28)30(36)34-29(19-23-7-4-3-5-8-23)31(37)33-21-24-15-17-35(18-16-24)22-25-11-13-27(32)14-12-25/h3-14,20,24,29H,2,15-19,21-22H2,1H3,(H,33,37)(H,34,36)/t29-/m0/s1. The third kappa shape index (κ3) is 8.33. The van der Waals surface area contributed by atoms with Crippen LogP contribution in [0.4, 0.5) is 0 Å². The number of hydrogen-bond acceptors (Lipinski definition) is 4. The highest BCUT2D eigenvalue weighted by Gasteiger charge is 2.25. The predicted octanol–water partition coefficient (Wildman–Crippen LogP) is 5.11. The molecule has 0 saturated carbocycles. The fourth-order valence-electron chi connectivity index (χ4n) is 4.76. The quantitative estimate of drug-likeness (QED) is 0.359. The van der Waals surface area contributed by atoms with Crippen LogP contribution in [0, 0.1) is 5.92 Å². The average molecular weight is 534 g/mol. The van der Waals surface area contributed by atoms with E-state index in [1.54, 1.807) is 18.2 Å². The molecular formula is C31H36ClN3O3. The second-order valence-corrected chi connectivity index (χ2v) is 10.2. The minimum atomic E-state index is -0.675. The van der Waals surface area contributed by atoms with Crippen LogP contribution in [-0.4, -0.2) is 49.0 Å². The van der Waals surface area contributed by atoms with Crippen LogP contribution in [0.15, 0.2) is 78.9 Å². The monoisotopic (exact) mass is 533 g/mol. The van der Waals surface area contributed by atoms with E-state index < -0.39 is 6.04 Å². The van der Waals surface area contributed by atoms with Gasteiger partial charge in [-0.2, -0.15) is 0 Å². The van der Waals surface area contributed by atoms with E-state index in [4.69, 9.17) is 16.3 Å². The second-order valence-electron chi connectivity index (χ2n) is 9.77. The smallest absolute Gasteiger partial charge is 0.252 e. The lowest BCUT2D eigenvalue weighted by molar-refractivity contribution is -0.123. The topological polar surface area (TPSA) is 70.7 Å². The zero-order valence-corrected chi connectivity index (χ0v) is 22.6. The first kappa shape index (κ1) is 27.7. The van der Waals surface area contributed by atoms with Crippen molar-refractivity contribution >= 4 is 23.4 Å². The minimum absolute atomic E-state index is 0.160. The summed E-state index contributed by atoms with van der Waals surface area (Å²) in [5.74, 6) is 0.591. The van der Waals surface area contributed by atoms with Crippen molar-refractivity contribution in [1.29, 1.82) is 0 Å². The largest absolute Gasteiger partial charge is 0.494 e. The van der Waals surface area contributed by atoms with E-state index in [0.717, 1.165) is 43.1 Å². The number of hydrogen-bond donors (Lipinski definition) is 2. The van der Waals surface area contributed by atoms with E-state index in [1.165, 1.54) is 5.56 Å². The Hall–Kier alpha value is -3.35. The molecule has 1 aliphatic rings. The number of nitrogens with one attached hydrogen (secondary N) is 2. The summed E-state index contributed by atoms with van der Waals surface area (Å²) in [5.41, 5.74) is 2.72. The molecular weight excluding hydrogens is 498 g/mol. The molecule has 38 heavy (non-hydrogen) atoms. The molecule has 2 amide bonds. The van der Waals surface area contributed by atoms with Gasteiger partial charge in [0.05, 0.1) is 6.61 Å². The normalized spacial score (nSPS) is 15.0. The first-order valence-electron chi connectivity index (χ1n) is 13.3. The summed E-state index contributed by atoms with van der Waals surface area (Å²) in [4.78, 5) is 28.8. The van der Waals surface area contributed by atoms with Gasteiger partial charge in [-0.3, -0.25) is 14.5 Å². The lowest BCUT2D eigenvalue weighted by atomic mass is 9.96. The number of carbonyl (C=O) groups excluding carboxylic acids is 2. The van der Waals surface area contributed by atoms with Crippen molar-refractivity contribution in [1.82, 2.24) is 15.5 Å². The molecule has 0 aliphatic carbocycles. The Labute approximate surface area is 230 Å². The molecule has 0 bridgehead atoms. The fraction of sp³-hybridized carbons (Fsp3) is 0.355. The molecule has 3 aromatic carbocycles. The Bertz CT molecular complexity index is 1180. The molecule has 0 spiro atoms. The van der Waals surface area contributed by atoms with Gasteiger partial charge in [0, 0.05) is 30.1 Å². The van der Waals surface area contributed by atoms with E-state index >= 15 is 0 Å². The van der Waals surface area contributed by atoms with Crippen LogP contribution >= 0.6 is 11.6 Å². The van der Waals surface area contributed by atoms with Crippen molar-refractivity contribution < 1.29 is 14.3 Å². The van der Waals surface area contributed by atoms with Gasteiger partial charge in [-0.1, -0.05) is 60.1 Å². The Kier molecular flexibility index (Phi) is 10.2. The van der Waals surface area contributed by atoms with Gasteiger partial charge < -0.3 is 15.4 Å². The Morgan fingerprint density at radius 1 is 0.974 bits per heavy atom. The summed E-state index contributed by atoms with van der Waals surface area (Å²) in [6.45, 7) is 5.91. The number of amides is 2. The Morgan fingerprint density at radius 3 is 2.42 bits per heavy atom. The van der Waals surface area contributed by atoms with Crippen LogP contribution in [0.3, 0.4) is 0 Å². The van der Waals surface area contributed by atoms with Gasteiger partial charge >= 0.3 is 0 Å². The molecule has 6 nitrogen and oxygen atoms in total. The van der Waals surface area contributed by atoms with Gasteiger partial charge in [-0.05, 0) is 80.2 Å². The summed E-state index contributed by atoms with van der Waals surface area (Å²) in [5, 5.41) is 6.83. The van der Waals surface area contributed by atoms with Crippen molar-refractivity contribution in [2.24, 2.45) is 5.92 Å². The van der Waals surface area contributed by atoms with Crippen LogP contribution in [0.1, 0.15) is 41.3 Å². The van der Waals surface area contributed by atoms with Gasteiger partial charge in [0.2, 0.25) is 5.91 Å². The predicted molar refractivity (Wildman–Crippen MR) is 151 cm³/mol. The molecule has 1 saturated heterocycles.